The van der Waals surface area contributed by atoms with Crippen LogP contribution in [-0.2, 0) is 12.0 Å². The van der Waals surface area contributed by atoms with Gasteiger partial charge in [-0.1, -0.05) is 30.3 Å². The van der Waals surface area contributed by atoms with Crippen molar-refractivity contribution in [1.82, 2.24) is 0 Å². The van der Waals surface area contributed by atoms with Gasteiger partial charge >= 0.3 is 0 Å². The second-order valence-electron chi connectivity index (χ2n) is 6.12. The summed E-state index contributed by atoms with van der Waals surface area (Å²) in [7, 11) is 1.66. The molecule has 0 radical (unpaired) electrons. The van der Waals surface area contributed by atoms with E-state index < -0.39 is 5.60 Å². The van der Waals surface area contributed by atoms with E-state index in [1.54, 1.807) is 7.11 Å². The van der Waals surface area contributed by atoms with Gasteiger partial charge in [-0.3, -0.25) is 4.99 Å². The summed E-state index contributed by atoms with van der Waals surface area (Å²) in [5.41, 5.74) is 2.00. The largest absolute Gasteiger partial charge is 0.497 e. The normalized spacial score (nSPS) is 22.3. The smallest absolute Gasteiger partial charge is 0.153 e. The Morgan fingerprint density at radius 2 is 2.09 bits per heavy atom. The van der Waals surface area contributed by atoms with Crippen LogP contribution in [0.2, 0.25) is 0 Å². The Labute approximate surface area is 136 Å². The molecule has 2 aliphatic rings. The summed E-state index contributed by atoms with van der Waals surface area (Å²) in [6, 6.07) is 16.0. The van der Waals surface area contributed by atoms with Gasteiger partial charge in [-0.25, -0.2) is 0 Å². The first-order valence-electron chi connectivity index (χ1n) is 8.00. The van der Waals surface area contributed by atoms with E-state index >= 15 is 0 Å². The van der Waals surface area contributed by atoms with E-state index in [4.69, 9.17) is 4.74 Å². The van der Waals surface area contributed by atoms with E-state index in [0.29, 0.717) is 6.42 Å². The maximum atomic E-state index is 11.5. The maximum absolute atomic E-state index is 11.5. The Hall–Kier alpha value is -2.33. The molecule has 4 heteroatoms. The number of fused-ring (bicyclic) bond motifs is 3. The molecule has 0 saturated heterocycles. The van der Waals surface area contributed by atoms with E-state index in [-0.39, 0.29) is 0 Å². The van der Waals surface area contributed by atoms with Crippen molar-refractivity contribution in [2.24, 2.45) is 4.99 Å². The molecule has 0 bridgehead atoms. The van der Waals surface area contributed by atoms with Gasteiger partial charge in [0.25, 0.3) is 0 Å². The van der Waals surface area contributed by atoms with Crippen LogP contribution in [0.15, 0.2) is 53.5 Å². The van der Waals surface area contributed by atoms with Crippen LogP contribution < -0.4 is 9.64 Å². The minimum absolute atomic E-state index is 0.497. The quantitative estimate of drug-likeness (QED) is 0.948. The first kappa shape index (κ1) is 14.3. The van der Waals surface area contributed by atoms with E-state index in [0.717, 1.165) is 47.9 Å². The molecule has 0 aromatic heterocycles. The van der Waals surface area contributed by atoms with Crippen molar-refractivity contribution in [2.75, 3.05) is 25.1 Å². The molecule has 0 fully saturated rings. The molecule has 1 atom stereocenters. The van der Waals surface area contributed by atoms with Crippen molar-refractivity contribution in [2.45, 2.75) is 18.4 Å². The van der Waals surface area contributed by atoms with E-state index in [1.165, 1.54) is 0 Å². The van der Waals surface area contributed by atoms with Crippen LogP contribution in [0.5, 0.6) is 5.75 Å². The topological polar surface area (TPSA) is 45.1 Å². The zero-order valence-corrected chi connectivity index (χ0v) is 13.2. The summed E-state index contributed by atoms with van der Waals surface area (Å²) in [6.45, 7) is 1.69. The molecule has 2 aromatic rings. The Morgan fingerprint density at radius 1 is 1.22 bits per heavy atom. The monoisotopic (exact) mass is 308 g/mol. The lowest BCUT2D eigenvalue weighted by atomic mass is 9.88. The van der Waals surface area contributed by atoms with Crippen LogP contribution in [0.25, 0.3) is 0 Å². The fraction of sp³-hybridized carbons (Fsp3) is 0.316. The summed E-state index contributed by atoms with van der Waals surface area (Å²) >= 11 is 0. The standard InChI is InChI=1S/C19H20N2O2/c1-23-15-7-4-6-14(12-15)13-19(22)16-8-2-3-9-17(16)21-11-5-10-20-18(19)21/h2-4,6-9,12,22H,5,10-11,13H2,1H3. The number of benzene rings is 2. The summed E-state index contributed by atoms with van der Waals surface area (Å²) < 4.78 is 5.31. The molecular formula is C19H20N2O2. The van der Waals surface area contributed by atoms with Crippen LogP contribution in [0.1, 0.15) is 17.5 Å². The van der Waals surface area contributed by atoms with Crippen molar-refractivity contribution >= 4 is 11.5 Å². The predicted octanol–water partition coefficient (Wildman–Crippen LogP) is 2.75. The summed E-state index contributed by atoms with van der Waals surface area (Å²) in [4.78, 5) is 6.83. The van der Waals surface area contributed by atoms with Crippen molar-refractivity contribution in [1.29, 1.82) is 0 Å². The van der Waals surface area contributed by atoms with Crippen molar-refractivity contribution < 1.29 is 9.84 Å². The van der Waals surface area contributed by atoms with E-state index in [9.17, 15) is 5.11 Å². The van der Waals surface area contributed by atoms with E-state index in [2.05, 4.69) is 16.0 Å². The van der Waals surface area contributed by atoms with Crippen LogP contribution in [0.4, 0.5) is 5.69 Å². The highest BCUT2D eigenvalue weighted by Gasteiger charge is 2.47. The van der Waals surface area contributed by atoms with Crippen molar-refractivity contribution in [3.8, 4) is 5.75 Å². The lowest BCUT2D eigenvalue weighted by Crippen LogP contribution is -2.44. The first-order valence-corrected chi connectivity index (χ1v) is 8.00. The number of aliphatic imine (C=N–C) groups is 1. The minimum Gasteiger partial charge on any atom is -0.497 e. The number of aliphatic hydroxyl groups is 1. The molecule has 0 aliphatic carbocycles. The lowest BCUT2D eigenvalue weighted by Gasteiger charge is -2.30. The van der Waals surface area contributed by atoms with Crippen molar-refractivity contribution in [3.63, 3.8) is 0 Å². The number of hydrogen-bond acceptors (Lipinski definition) is 4. The third-order valence-electron chi connectivity index (χ3n) is 4.66. The average molecular weight is 308 g/mol. The maximum Gasteiger partial charge on any atom is 0.153 e. The van der Waals surface area contributed by atoms with Crippen LogP contribution in [0.3, 0.4) is 0 Å². The summed E-state index contributed by atoms with van der Waals surface area (Å²) in [5.74, 6) is 1.59. The van der Waals surface area contributed by atoms with Gasteiger partial charge < -0.3 is 14.7 Å². The zero-order valence-electron chi connectivity index (χ0n) is 13.2. The van der Waals surface area contributed by atoms with Gasteiger partial charge in [0.15, 0.2) is 5.60 Å². The molecule has 4 rings (SSSR count). The Bertz CT molecular complexity index is 771. The lowest BCUT2D eigenvalue weighted by molar-refractivity contribution is 0.114. The molecule has 1 N–H and O–H groups in total. The van der Waals surface area contributed by atoms with Gasteiger partial charge in [0, 0.05) is 30.8 Å². The van der Waals surface area contributed by atoms with Gasteiger partial charge in [-0.15, -0.1) is 0 Å². The first-order chi connectivity index (χ1) is 11.2. The number of hydrogen-bond donors (Lipinski definition) is 1. The Kier molecular flexibility index (Phi) is 3.34. The third-order valence-corrected chi connectivity index (χ3v) is 4.66. The molecule has 4 nitrogen and oxygen atoms in total. The average Bonchev–Trinajstić information content (AvgIpc) is 2.85. The number of methoxy groups -OCH3 is 1. The van der Waals surface area contributed by atoms with Gasteiger partial charge in [-0.05, 0) is 30.2 Å². The van der Waals surface area contributed by atoms with Gasteiger partial charge in [0.05, 0.1) is 7.11 Å². The van der Waals surface area contributed by atoms with Gasteiger partial charge in [-0.2, -0.15) is 0 Å². The van der Waals surface area contributed by atoms with Crippen molar-refractivity contribution in [3.05, 3.63) is 59.7 Å². The number of rotatable bonds is 3. The highest BCUT2D eigenvalue weighted by Crippen LogP contribution is 2.44. The molecule has 2 aromatic carbocycles. The Balaban J connectivity index is 1.80. The summed E-state index contributed by atoms with van der Waals surface area (Å²) in [6.07, 6.45) is 1.52. The minimum atomic E-state index is -1.07. The predicted molar refractivity (Wildman–Crippen MR) is 91.3 cm³/mol. The second kappa shape index (κ2) is 5.39. The van der Waals surface area contributed by atoms with Crippen LogP contribution >= 0.6 is 0 Å². The molecule has 118 valence electrons. The molecule has 0 spiro atoms. The highest BCUT2D eigenvalue weighted by molar-refractivity contribution is 6.10. The molecule has 2 aliphatic heterocycles. The fourth-order valence-electron chi connectivity index (χ4n) is 3.62. The fourth-order valence-corrected chi connectivity index (χ4v) is 3.62. The summed E-state index contributed by atoms with van der Waals surface area (Å²) in [5, 5.41) is 11.5. The molecule has 0 amide bonds. The molecule has 1 unspecified atom stereocenters. The third kappa shape index (κ3) is 2.21. The molecular weight excluding hydrogens is 288 g/mol. The van der Waals surface area contributed by atoms with Gasteiger partial charge in [0.1, 0.15) is 11.6 Å². The van der Waals surface area contributed by atoms with Crippen LogP contribution in [-0.4, -0.2) is 31.1 Å². The number of para-hydroxylation sites is 1. The second-order valence-corrected chi connectivity index (χ2v) is 6.12. The van der Waals surface area contributed by atoms with Crippen LogP contribution in [0, 0.1) is 0 Å². The number of amidine groups is 1. The van der Waals surface area contributed by atoms with E-state index in [1.807, 2.05) is 42.5 Å². The molecule has 0 saturated carbocycles. The molecule has 2 heterocycles. The zero-order chi connectivity index (χ0) is 15.9. The highest BCUT2D eigenvalue weighted by atomic mass is 16.5. The molecule has 23 heavy (non-hydrogen) atoms. The number of ether oxygens (including phenoxy) is 1. The Morgan fingerprint density at radius 3 is 2.96 bits per heavy atom. The number of nitrogens with zero attached hydrogens (tertiary/aromatic N) is 2. The number of anilines is 1. The van der Waals surface area contributed by atoms with Gasteiger partial charge in [0.2, 0.25) is 0 Å². The SMILES string of the molecule is COc1cccc(CC2(O)C3=NCCCN3c3ccccc32)c1.